The Bertz CT molecular complexity index is 325. The van der Waals surface area contributed by atoms with Crippen LogP contribution in [-0.2, 0) is 0 Å². The van der Waals surface area contributed by atoms with Crippen LogP contribution in [0.15, 0.2) is 28.7 Å². The minimum Gasteiger partial charge on any atom is -0.492 e. The van der Waals surface area contributed by atoms with Crippen molar-refractivity contribution in [3.05, 3.63) is 28.7 Å². The summed E-state index contributed by atoms with van der Waals surface area (Å²) in [6.07, 6.45) is 0.741. The minimum absolute atomic E-state index is 0.0438. The van der Waals surface area contributed by atoms with Gasteiger partial charge in [0, 0.05) is 23.2 Å². The quantitative estimate of drug-likeness (QED) is 0.761. The van der Waals surface area contributed by atoms with Gasteiger partial charge in [-0.3, -0.25) is 0 Å². The highest BCUT2D eigenvalue weighted by Crippen LogP contribution is 2.15. The Morgan fingerprint density at radius 3 is 2.53 bits per heavy atom. The number of aliphatic hydroxyl groups is 1. The van der Waals surface area contributed by atoms with E-state index < -0.39 is 0 Å². The van der Waals surface area contributed by atoms with Crippen LogP contribution in [0.3, 0.4) is 0 Å². The molecule has 1 aromatic rings. The van der Waals surface area contributed by atoms with Crippen LogP contribution in [0.4, 0.5) is 0 Å². The van der Waals surface area contributed by atoms with E-state index in [-0.39, 0.29) is 12.1 Å². The molecule has 17 heavy (non-hydrogen) atoms. The molecule has 0 aliphatic heterocycles. The van der Waals surface area contributed by atoms with Crippen molar-refractivity contribution in [2.24, 2.45) is 0 Å². The molecule has 2 N–H and O–H groups in total. The van der Waals surface area contributed by atoms with Crippen molar-refractivity contribution in [2.75, 3.05) is 19.8 Å². The zero-order chi connectivity index (χ0) is 12.7. The molecule has 96 valence electrons. The van der Waals surface area contributed by atoms with Crippen LogP contribution in [0.1, 0.15) is 20.3 Å². The molecule has 0 saturated carbocycles. The number of nitrogens with one attached hydrogen (secondary N) is 1. The van der Waals surface area contributed by atoms with E-state index in [1.54, 1.807) is 0 Å². The van der Waals surface area contributed by atoms with Crippen molar-refractivity contribution in [3.63, 3.8) is 0 Å². The molecule has 0 aromatic heterocycles. The molecule has 0 fully saturated rings. The monoisotopic (exact) mass is 301 g/mol. The second-order valence-electron chi connectivity index (χ2n) is 4.59. The van der Waals surface area contributed by atoms with E-state index in [0.717, 1.165) is 23.2 Å². The molecule has 1 rings (SSSR count). The molecule has 0 atom stereocenters. The van der Waals surface area contributed by atoms with E-state index in [2.05, 4.69) is 35.1 Å². The summed E-state index contributed by atoms with van der Waals surface area (Å²) in [5, 5.41) is 12.2. The minimum atomic E-state index is -0.0438. The lowest BCUT2D eigenvalue weighted by atomic mass is 10.0. The highest BCUT2D eigenvalue weighted by atomic mass is 79.9. The third-order valence-electron chi connectivity index (χ3n) is 2.52. The van der Waals surface area contributed by atoms with Gasteiger partial charge in [0.1, 0.15) is 12.4 Å². The maximum Gasteiger partial charge on any atom is 0.119 e. The Labute approximate surface area is 111 Å². The van der Waals surface area contributed by atoms with Crippen LogP contribution in [0.25, 0.3) is 0 Å². The zero-order valence-corrected chi connectivity index (χ0v) is 12.0. The molecule has 0 unspecified atom stereocenters. The molecule has 0 saturated heterocycles. The average Bonchev–Trinajstić information content (AvgIpc) is 2.27. The summed E-state index contributed by atoms with van der Waals surface area (Å²) in [5.74, 6) is 0.870. The van der Waals surface area contributed by atoms with E-state index in [1.807, 2.05) is 24.3 Å². The van der Waals surface area contributed by atoms with E-state index in [0.29, 0.717) is 6.61 Å². The van der Waals surface area contributed by atoms with Gasteiger partial charge in [0.25, 0.3) is 0 Å². The standard InChI is InChI=1S/C13H20BrNO2/c1-13(2,7-9-16)15-8-10-17-12-5-3-11(14)4-6-12/h3-6,15-16H,7-10H2,1-2H3. The maximum atomic E-state index is 8.89. The van der Waals surface area contributed by atoms with E-state index in [4.69, 9.17) is 9.84 Å². The Kier molecular flexibility index (Phi) is 5.95. The van der Waals surface area contributed by atoms with Gasteiger partial charge in [-0.05, 0) is 44.5 Å². The highest BCUT2D eigenvalue weighted by molar-refractivity contribution is 9.10. The Hall–Kier alpha value is -0.580. The first-order chi connectivity index (χ1) is 8.03. The van der Waals surface area contributed by atoms with Gasteiger partial charge in [-0.1, -0.05) is 15.9 Å². The van der Waals surface area contributed by atoms with E-state index >= 15 is 0 Å². The number of benzene rings is 1. The van der Waals surface area contributed by atoms with E-state index in [9.17, 15) is 0 Å². The van der Waals surface area contributed by atoms with Crippen molar-refractivity contribution >= 4 is 15.9 Å². The second-order valence-corrected chi connectivity index (χ2v) is 5.50. The number of ether oxygens (including phenoxy) is 1. The fourth-order valence-electron chi connectivity index (χ4n) is 1.46. The van der Waals surface area contributed by atoms with Crippen LogP contribution in [-0.4, -0.2) is 30.4 Å². The summed E-state index contributed by atoms with van der Waals surface area (Å²) < 4.78 is 6.64. The third kappa shape index (κ3) is 6.05. The van der Waals surface area contributed by atoms with Gasteiger partial charge >= 0.3 is 0 Å². The highest BCUT2D eigenvalue weighted by Gasteiger charge is 2.15. The molecule has 4 heteroatoms. The smallest absolute Gasteiger partial charge is 0.119 e. The van der Waals surface area contributed by atoms with Crippen molar-refractivity contribution in [3.8, 4) is 5.75 Å². The largest absolute Gasteiger partial charge is 0.492 e. The number of hydrogen-bond donors (Lipinski definition) is 2. The second kappa shape index (κ2) is 6.99. The number of aliphatic hydroxyl groups excluding tert-OH is 1. The summed E-state index contributed by atoms with van der Waals surface area (Å²) >= 11 is 3.38. The molecular formula is C13H20BrNO2. The van der Waals surface area contributed by atoms with Crippen LogP contribution in [0.5, 0.6) is 5.75 Å². The molecule has 0 spiro atoms. The lowest BCUT2D eigenvalue weighted by Crippen LogP contribution is -2.42. The Morgan fingerprint density at radius 2 is 1.94 bits per heavy atom. The molecule has 0 radical (unpaired) electrons. The fourth-order valence-corrected chi connectivity index (χ4v) is 1.72. The molecule has 0 amide bonds. The van der Waals surface area contributed by atoms with Crippen molar-refractivity contribution < 1.29 is 9.84 Å². The molecular weight excluding hydrogens is 282 g/mol. The first kappa shape index (κ1) is 14.5. The summed E-state index contributed by atoms with van der Waals surface area (Å²) in [5.41, 5.74) is -0.0438. The van der Waals surface area contributed by atoms with Crippen LogP contribution >= 0.6 is 15.9 Å². The molecule has 1 aromatic carbocycles. The summed E-state index contributed by atoms with van der Waals surface area (Å²) in [7, 11) is 0. The lowest BCUT2D eigenvalue weighted by Gasteiger charge is -2.25. The Morgan fingerprint density at radius 1 is 1.29 bits per heavy atom. The molecule has 0 aliphatic carbocycles. The number of halogens is 1. The number of hydrogen-bond acceptors (Lipinski definition) is 3. The van der Waals surface area contributed by atoms with Gasteiger partial charge in [-0.25, -0.2) is 0 Å². The average molecular weight is 302 g/mol. The SMILES string of the molecule is CC(C)(CCO)NCCOc1ccc(Br)cc1. The summed E-state index contributed by atoms with van der Waals surface area (Å²) in [6, 6.07) is 7.78. The van der Waals surface area contributed by atoms with Crippen LogP contribution in [0.2, 0.25) is 0 Å². The number of rotatable bonds is 7. The normalized spacial score (nSPS) is 11.5. The first-order valence-electron chi connectivity index (χ1n) is 5.78. The van der Waals surface area contributed by atoms with Crippen molar-refractivity contribution in [2.45, 2.75) is 25.8 Å². The lowest BCUT2D eigenvalue weighted by molar-refractivity contribution is 0.219. The van der Waals surface area contributed by atoms with Gasteiger partial charge in [-0.15, -0.1) is 0 Å². The van der Waals surface area contributed by atoms with Crippen LogP contribution < -0.4 is 10.1 Å². The molecule has 0 aliphatic rings. The van der Waals surface area contributed by atoms with E-state index in [1.165, 1.54) is 0 Å². The van der Waals surface area contributed by atoms with Gasteiger partial charge in [0.05, 0.1) is 0 Å². The van der Waals surface area contributed by atoms with Gasteiger partial charge < -0.3 is 15.2 Å². The van der Waals surface area contributed by atoms with Gasteiger partial charge in [0.15, 0.2) is 0 Å². The van der Waals surface area contributed by atoms with Crippen molar-refractivity contribution in [1.82, 2.24) is 5.32 Å². The summed E-state index contributed by atoms with van der Waals surface area (Å²) in [4.78, 5) is 0. The third-order valence-corrected chi connectivity index (χ3v) is 3.05. The van der Waals surface area contributed by atoms with Crippen molar-refractivity contribution in [1.29, 1.82) is 0 Å². The predicted octanol–water partition coefficient (Wildman–Crippen LogP) is 2.58. The predicted molar refractivity (Wildman–Crippen MR) is 73.4 cm³/mol. The molecule has 0 bridgehead atoms. The summed E-state index contributed by atoms with van der Waals surface area (Å²) in [6.45, 7) is 5.73. The molecule has 3 nitrogen and oxygen atoms in total. The van der Waals surface area contributed by atoms with Gasteiger partial charge in [-0.2, -0.15) is 0 Å². The Balaban J connectivity index is 2.22. The van der Waals surface area contributed by atoms with Gasteiger partial charge in [0.2, 0.25) is 0 Å². The maximum absolute atomic E-state index is 8.89. The molecule has 0 heterocycles. The van der Waals surface area contributed by atoms with Crippen LogP contribution in [0, 0.1) is 0 Å². The first-order valence-corrected chi connectivity index (χ1v) is 6.57. The zero-order valence-electron chi connectivity index (χ0n) is 10.4. The topological polar surface area (TPSA) is 41.5 Å². The fraction of sp³-hybridized carbons (Fsp3) is 0.538.